The molecule has 0 aliphatic carbocycles. The van der Waals surface area contributed by atoms with Crippen molar-refractivity contribution in [3.63, 3.8) is 0 Å². The van der Waals surface area contributed by atoms with Gasteiger partial charge in [0.05, 0.1) is 5.02 Å². The van der Waals surface area contributed by atoms with Crippen LogP contribution < -0.4 is 11.3 Å². The molecule has 0 heterocycles. The lowest BCUT2D eigenvalue weighted by Crippen LogP contribution is -2.28. The highest BCUT2D eigenvalue weighted by atomic mass is 79.9. The van der Waals surface area contributed by atoms with Crippen LogP contribution in [0.3, 0.4) is 0 Å². The molecule has 0 aliphatic rings. The Labute approximate surface area is 115 Å². The largest absolute Gasteiger partial charge is 0.271 e. The minimum atomic E-state index is -0.402. The fraction of sp³-hybridized carbons (Fsp3) is 0.500. The molecule has 0 spiro atoms. The van der Waals surface area contributed by atoms with Gasteiger partial charge >= 0.3 is 0 Å². The molecule has 2 nitrogen and oxygen atoms in total. The highest BCUT2D eigenvalue weighted by molar-refractivity contribution is 9.10. The van der Waals surface area contributed by atoms with Crippen LogP contribution >= 0.6 is 27.5 Å². The molecule has 0 saturated carbocycles. The Morgan fingerprint density at radius 1 is 1.47 bits per heavy atom. The molecule has 0 aromatic heterocycles. The summed E-state index contributed by atoms with van der Waals surface area (Å²) < 4.78 is 14.5. The summed E-state index contributed by atoms with van der Waals surface area (Å²) in [7, 11) is 0. The maximum atomic E-state index is 14.0. The van der Waals surface area contributed by atoms with Crippen molar-refractivity contribution in [3.05, 3.63) is 33.0 Å². The van der Waals surface area contributed by atoms with Crippen LogP contribution in [0.5, 0.6) is 0 Å². The van der Waals surface area contributed by atoms with Crippen LogP contribution in [0.2, 0.25) is 5.02 Å². The number of halogens is 3. The summed E-state index contributed by atoms with van der Waals surface area (Å²) in [6.45, 7) is 2.13. The Morgan fingerprint density at radius 2 is 2.18 bits per heavy atom. The van der Waals surface area contributed by atoms with Gasteiger partial charge in [-0.2, -0.15) is 0 Å². The molecule has 3 N–H and O–H groups in total. The predicted molar refractivity (Wildman–Crippen MR) is 73.3 cm³/mol. The molecule has 0 saturated heterocycles. The molecule has 1 rings (SSSR count). The average Bonchev–Trinajstić information content (AvgIpc) is 2.33. The molecule has 1 unspecified atom stereocenters. The molecule has 5 heteroatoms. The quantitative estimate of drug-likeness (QED) is 0.354. The van der Waals surface area contributed by atoms with Crippen molar-refractivity contribution < 1.29 is 4.39 Å². The maximum absolute atomic E-state index is 14.0. The van der Waals surface area contributed by atoms with E-state index in [0.717, 1.165) is 25.7 Å². The smallest absolute Gasteiger partial charge is 0.147 e. The van der Waals surface area contributed by atoms with E-state index in [0.29, 0.717) is 10.0 Å². The second-order valence-electron chi connectivity index (χ2n) is 3.98. The molecule has 96 valence electrons. The molecular weight excluding hydrogens is 307 g/mol. The lowest BCUT2D eigenvalue weighted by Gasteiger charge is -2.17. The van der Waals surface area contributed by atoms with Gasteiger partial charge in [-0.3, -0.25) is 11.3 Å². The highest BCUT2D eigenvalue weighted by Crippen LogP contribution is 2.31. The van der Waals surface area contributed by atoms with Crippen LogP contribution in [-0.2, 0) is 0 Å². The van der Waals surface area contributed by atoms with Crippen LogP contribution in [0.4, 0.5) is 4.39 Å². The lowest BCUT2D eigenvalue weighted by atomic mass is 10.0. The van der Waals surface area contributed by atoms with E-state index in [1.54, 1.807) is 12.1 Å². The standard InChI is InChI=1S/C12H17BrClFN2/c1-2-3-4-5-10(17-16)8-6-7-9(13)11(14)12(8)15/h6-7,10,17H,2-5,16H2,1H3. The van der Waals surface area contributed by atoms with Gasteiger partial charge in [-0.15, -0.1) is 0 Å². The first-order chi connectivity index (χ1) is 8.11. The normalized spacial score (nSPS) is 12.8. The Balaban J connectivity index is 2.85. The van der Waals surface area contributed by atoms with Gasteiger partial charge in [-0.05, 0) is 28.4 Å². The van der Waals surface area contributed by atoms with Gasteiger partial charge in [-0.25, -0.2) is 4.39 Å². The minimum absolute atomic E-state index is 0.109. The minimum Gasteiger partial charge on any atom is -0.271 e. The van der Waals surface area contributed by atoms with Gasteiger partial charge in [0.25, 0.3) is 0 Å². The number of hydrogen-bond donors (Lipinski definition) is 2. The summed E-state index contributed by atoms with van der Waals surface area (Å²) in [5.41, 5.74) is 3.18. The van der Waals surface area contributed by atoms with E-state index in [1.165, 1.54) is 0 Å². The van der Waals surface area contributed by atoms with E-state index < -0.39 is 5.82 Å². The van der Waals surface area contributed by atoms with Crippen molar-refractivity contribution in [3.8, 4) is 0 Å². The number of hydrazine groups is 1. The second kappa shape index (κ2) is 7.31. The number of nitrogens with one attached hydrogen (secondary N) is 1. The van der Waals surface area contributed by atoms with Crippen molar-refractivity contribution >= 4 is 27.5 Å². The topological polar surface area (TPSA) is 38.0 Å². The Morgan fingerprint density at radius 3 is 2.76 bits per heavy atom. The van der Waals surface area contributed by atoms with Crippen molar-refractivity contribution in [2.24, 2.45) is 5.84 Å². The molecular formula is C12H17BrClFN2. The van der Waals surface area contributed by atoms with Crippen LogP contribution in [0, 0.1) is 5.82 Å². The van der Waals surface area contributed by atoms with Crippen LogP contribution in [0.25, 0.3) is 0 Å². The van der Waals surface area contributed by atoms with E-state index in [9.17, 15) is 4.39 Å². The molecule has 17 heavy (non-hydrogen) atoms. The van der Waals surface area contributed by atoms with Gasteiger partial charge in [0.15, 0.2) is 0 Å². The third-order valence-corrected chi connectivity index (χ3v) is 4.00. The summed E-state index contributed by atoms with van der Waals surface area (Å²) in [6.07, 6.45) is 4.06. The Kier molecular flexibility index (Phi) is 6.41. The first-order valence-corrected chi connectivity index (χ1v) is 6.88. The zero-order valence-electron chi connectivity index (χ0n) is 9.77. The fourth-order valence-electron chi connectivity index (χ4n) is 1.74. The van der Waals surface area contributed by atoms with Crippen molar-refractivity contribution in [2.45, 2.75) is 38.6 Å². The van der Waals surface area contributed by atoms with E-state index in [4.69, 9.17) is 17.4 Å². The maximum Gasteiger partial charge on any atom is 0.147 e. The second-order valence-corrected chi connectivity index (χ2v) is 5.21. The van der Waals surface area contributed by atoms with Gasteiger partial charge < -0.3 is 0 Å². The number of nitrogens with two attached hydrogens (primary N) is 1. The zero-order chi connectivity index (χ0) is 12.8. The van der Waals surface area contributed by atoms with Crippen LogP contribution in [0.15, 0.2) is 16.6 Å². The summed E-state index contributed by atoms with van der Waals surface area (Å²) in [5.74, 6) is 5.07. The highest BCUT2D eigenvalue weighted by Gasteiger charge is 2.17. The zero-order valence-corrected chi connectivity index (χ0v) is 12.1. The van der Waals surface area contributed by atoms with Gasteiger partial charge in [-0.1, -0.05) is 43.9 Å². The molecule has 1 atom stereocenters. The molecule has 0 amide bonds. The van der Waals surface area contributed by atoms with E-state index in [1.807, 2.05) is 0 Å². The first kappa shape index (κ1) is 14.9. The number of benzene rings is 1. The molecule has 0 fully saturated rings. The SMILES string of the molecule is CCCCCC(NN)c1ccc(Br)c(Cl)c1F. The van der Waals surface area contributed by atoms with E-state index in [2.05, 4.69) is 28.3 Å². The van der Waals surface area contributed by atoms with E-state index in [-0.39, 0.29) is 11.1 Å². The molecule has 0 aliphatic heterocycles. The summed E-state index contributed by atoms with van der Waals surface area (Å²) in [4.78, 5) is 0. The average molecular weight is 324 g/mol. The third-order valence-electron chi connectivity index (χ3n) is 2.74. The summed E-state index contributed by atoms with van der Waals surface area (Å²) in [6, 6.07) is 3.26. The van der Waals surface area contributed by atoms with Crippen molar-refractivity contribution in [2.75, 3.05) is 0 Å². The van der Waals surface area contributed by atoms with Gasteiger partial charge in [0.2, 0.25) is 0 Å². The molecule has 1 aromatic rings. The summed E-state index contributed by atoms with van der Waals surface area (Å²) >= 11 is 9.05. The fourth-order valence-corrected chi connectivity index (χ4v) is 2.22. The number of hydrogen-bond acceptors (Lipinski definition) is 2. The van der Waals surface area contributed by atoms with E-state index >= 15 is 0 Å². The lowest BCUT2D eigenvalue weighted by molar-refractivity contribution is 0.464. The van der Waals surface area contributed by atoms with Crippen LogP contribution in [-0.4, -0.2) is 0 Å². The molecule has 0 bridgehead atoms. The van der Waals surface area contributed by atoms with Gasteiger partial charge in [0, 0.05) is 16.1 Å². The number of rotatable bonds is 6. The Bertz CT molecular complexity index is 374. The summed E-state index contributed by atoms with van der Waals surface area (Å²) in [5, 5.41) is 0.109. The first-order valence-electron chi connectivity index (χ1n) is 5.71. The Hall–Kier alpha value is -0.160. The third kappa shape index (κ3) is 3.91. The number of unbranched alkanes of at least 4 members (excludes halogenated alkanes) is 2. The predicted octanol–water partition coefficient (Wildman–Crippen LogP) is 4.33. The van der Waals surface area contributed by atoms with Crippen LogP contribution in [0.1, 0.15) is 44.2 Å². The molecule has 0 radical (unpaired) electrons. The van der Waals surface area contributed by atoms with Gasteiger partial charge in [0.1, 0.15) is 5.82 Å². The molecule has 1 aromatic carbocycles. The van der Waals surface area contributed by atoms with Crippen molar-refractivity contribution in [1.82, 2.24) is 5.43 Å². The monoisotopic (exact) mass is 322 g/mol. The van der Waals surface area contributed by atoms with Crippen molar-refractivity contribution in [1.29, 1.82) is 0 Å².